The quantitative estimate of drug-likeness (QED) is 0.797. The number of carbonyl (C=O) groups is 2. The van der Waals surface area contributed by atoms with Crippen molar-refractivity contribution < 1.29 is 14.0 Å². The summed E-state index contributed by atoms with van der Waals surface area (Å²) in [5, 5.41) is 12.1. The van der Waals surface area contributed by atoms with Crippen LogP contribution in [0.2, 0.25) is 0 Å². The Morgan fingerprint density at radius 1 is 1.30 bits per heavy atom. The van der Waals surface area contributed by atoms with Gasteiger partial charge >= 0.3 is 0 Å². The summed E-state index contributed by atoms with van der Waals surface area (Å²) in [6.45, 7) is 7.63. The van der Waals surface area contributed by atoms with Crippen LogP contribution in [-0.4, -0.2) is 78.5 Å². The Labute approximate surface area is 158 Å². The Kier molecular flexibility index (Phi) is 5.96. The number of anilines is 1. The maximum Gasteiger partial charge on any atom is 0.236 e. The molecule has 2 saturated heterocycles. The van der Waals surface area contributed by atoms with E-state index in [2.05, 4.69) is 21.3 Å². The van der Waals surface area contributed by atoms with Crippen LogP contribution in [0.4, 0.5) is 5.88 Å². The van der Waals surface area contributed by atoms with Gasteiger partial charge in [-0.2, -0.15) is 5.26 Å². The summed E-state index contributed by atoms with van der Waals surface area (Å²) in [5.74, 6) is 1.05. The van der Waals surface area contributed by atoms with E-state index in [-0.39, 0.29) is 17.9 Å². The number of nitrogens with zero attached hydrogens (tertiary/aromatic N) is 5. The van der Waals surface area contributed by atoms with Gasteiger partial charge in [0.05, 0.1) is 6.54 Å². The summed E-state index contributed by atoms with van der Waals surface area (Å²) in [6, 6.07) is 2.18. The van der Waals surface area contributed by atoms with E-state index in [4.69, 9.17) is 9.68 Å². The number of nitriles is 1. The minimum absolute atomic E-state index is 0.0244. The Hall–Kier alpha value is -2.60. The molecule has 2 fully saturated rings. The van der Waals surface area contributed by atoms with Crippen molar-refractivity contribution in [1.29, 1.82) is 5.26 Å². The molecule has 0 radical (unpaired) electrons. The van der Waals surface area contributed by atoms with Gasteiger partial charge < -0.3 is 19.5 Å². The van der Waals surface area contributed by atoms with Gasteiger partial charge in [-0.3, -0.25) is 14.5 Å². The highest BCUT2D eigenvalue weighted by Gasteiger charge is 2.28. The molecule has 1 aromatic heterocycles. The number of carbonyl (C=O) groups excluding carboxylic acids is 2. The number of rotatable bonds is 4. The summed E-state index contributed by atoms with van der Waals surface area (Å²) < 4.78 is 5.55. The number of amides is 2. The van der Waals surface area contributed by atoms with Crippen molar-refractivity contribution in [3.8, 4) is 6.07 Å². The molecule has 146 valence electrons. The molecule has 1 atom stereocenters. The molecular weight excluding hydrogens is 348 g/mol. The van der Waals surface area contributed by atoms with Gasteiger partial charge in [0.15, 0.2) is 5.89 Å². The van der Waals surface area contributed by atoms with Crippen molar-refractivity contribution in [2.45, 2.75) is 32.7 Å². The molecular formula is C18H26N6O3. The zero-order valence-corrected chi connectivity index (χ0v) is 15.9. The maximum atomic E-state index is 12.7. The molecule has 1 N–H and O–H groups in total. The van der Waals surface area contributed by atoms with Crippen molar-refractivity contribution in [2.24, 2.45) is 0 Å². The molecule has 3 rings (SSSR count). The van der Waals surface area contributed by atoms with Crippen molar-refractivity contribution in [2.75, 3.05) is 50.7 Å². The van der Waals surface area contributed by atoms with Gasteiger partial charge in [0.1, 0.15) is 6.07 Å². The number of hydrogen-bond donors (Lipinski definition) is 1. The van der Waals surface area contributed by atoms with Crippen molar-refractivity contribution in [3.05, 3.63) is 11.6 Å². The fraction of sp³-hybridized carbons (Fsp3) is 0.667. The molecule has 0 spiro atoms. The van der Waals surface area contributed by atoms with E-state index >= 15 is 0 Å². The highest BCUT2D eigenvalue weighted by Crippen LogP contribution is 2.22. The fourth-order valence-electron chi connectivity index (χ4n) is 3.76. The molecule has 2 amide bonds. The lowest BCUT2D eigenvalue weighted by molar-refractivity contribution is -0.133. The molecule has 9 heteroatoms. The smallest absolute Gasteiger partial charge is 0.236 e. The Bertz CT molecular complexity index is 732. The molecule has 27 heavy (non-hydrogen) atoms. The normalized spacial score (nSPS) is 21.0. The van der Waals surface area contributed by atoms with Crippen molar-refractivity contribution in [1.82, 2.24) is 20.1 Å². The molecule has 0 saturated carbocycles. The van der Waals surface area contributed by atoms with Crippen LogP contribution in [0, 0.1) is 18.3 Å². The summed E-state index contributed by atoms with van der Waals surface area (Å²) in [7, 11) is 0. The number of likely N-dealkylation sites (tertiary alicyclic amines) is 1. The third-order valence-electron chi connectivity index (χ3n) is 5.01. The van der Waals surface area contributed by atoms with Gasteiger partial charge in [0.2, 0.25) is 23.4 Å². The van der Waals surface area contributed by atoms with Crippen LogP contribution >= 0.6 is 0 Å². The third-order valence-corrected chi connectivity index (χ3v) is 5.01. The van der Waals surface area contributed by atoms with Gasteiger partial charge in [-0.05, 0) is 19.4 Å². The molecule has 0 aromatic carbocycles. The first-order valence-corrected chi connectivity index (χ1v) is 9.36. The summed E-state index contributed by atoms with van der Waals surface area (Å²) in [6.07, 6.45) is 1.94. The summed E-state index contributed by atoms with van der Waals surface area (Å²) in [4.78, 5) is 33.9. The Morgan fingerprint density at radius 3 is 2.70 bits per heavy atom. The van der Waals surface area contributed by atoms with Gasteiger partial charge in [0.25, 0.3) is 0 Å². The highest BCUT2D eigenvalue weighted by molar-refractivity contribution is 5.78. The minimum atomic E-state index is -0.0244. The Balaban J connectivity index is 1.50. The number of aromatic nitrogens is 1. The second-order valence-corrected chi connectivity index (χ2v) is 7.14. The first-order chi connectivity index (χ1) is 13.0. The topological polar surface area (TPSA) is 106 Å². The molecule has 2 aliphatic rings. The minimum Gasteiger partial charge on any atom is -0.424 e. The van der Waals surface area contributed by atoms with E-state index in [1.807, 2.05) is 9.80 Å². The maximum absolute atomic E-state index is 12.7. The number of piperidine rings is 1. The van der Waals surface area contributed by atoms with Crippen LogP contribution in [0.1, 0.15) is 31.4 Å². The third kappa shape index (κ3) is 4.77. The van der Waals surface area contributed by atoms with E-state index in [0.29, 0.717) is 56.7 Å². The molecule has 1 unspecified atom stereocenters. The van der Waals surface area contributed by atoms with Crippen LogP contribution in [-0.2, 0) is 9.59 Å². The van der Waals surface area contributed by atoms with Gasteiger partial charge in [-0.15, -0.1) is 0 Å². The predicted molar refractivity (Wildman–Crippen MR) is 98.0 cm³/mol. The van der Waals surface area contributed by atoms with Gasteiger partial charge in [-0.1, -0.05) is 0 Å². The van der Waals surface area contributed by atoms with Crippen LogP contribution in [0.15, 0.2) is 4.42 Å². The van der Waals surface area contributed by atoms with Crippen LogP contribution in [0.25, 0.3) is 0 Å². The first-order valence-electron chi connectivity index (χ1n) is 9.36. The number of piperazine rings is 1. The zero-order chi connectivity index (χ0) is 19.4. The second-order valence-electron chi connectivity index (χ2n) is 7.14. The Morgan fingerprint density at radius 2 is 2.04 bits per heavy atom. The summed E-state index contributed by atoms with van der Waals surface area (Å²) in [5.41, 5.74) is 0.296. The standard InChI is InChI=1S/C18H26N6O3/c1-13(25)20-15-4-3-5-22(11-15)12-17(26)23-6-8-24(9-7-23)18-16(10-19)21-14(2)27-18/h15H,3-9,11-12H2,1-2H3,(H,20,25). The van der Waals surface area contributed by atoms with E-state index in [1.54, 1.807) is 6.92 Å². The van der Waals surface area contributed by atoms with Crippen LogP contribution < -0.4 is 10.2 Å². The molecule has 2 aliphatic heterocycles. The summed E-state index contributed by atoms with van der Waals surface area (Å²) >= 11 is 0. The number of aryl methyl sites for hydroxylation is 1. The van der Waals surface area contributed by atoms with Crippen LogP contribution in [0.5, 0.6) is 0 Å². The van der Waals surface area contributed by atoms with Crippen LogP contribution in [0.3, 0.4) is 0 Å². The van der Waals surface area contributed by atoms with E-state index < -0.39 is 0 Å². The number of hydrogen-bond acceptors (Lipinski definition) is 7. The lowest BCUT2D eigenvalue weighted by Gasteiger charge is -2.37. The van der Waals surface area contributed by atoms with Gasteiger partial charge in [0, 0.05) is 52.6 Å². The molecule has 0 bridgehead atoms. The van der Waals surface area contributed by atoms with E-state index in [9.17, 15) is 9.59 Å². The van der Waals surface area contributed by atoms with E-state index in [1.165, 1.54) is 6.92 Å². The lowest BCUT2D eigenvalue weighted by Crippen LogP contribution is -2.54. The largest absolute Gasteiger partial charge is 0.424 e. The van der Waals surface area contributed by atoms with Crippen molar-refractivity contribution in [3.63, 3.8) is 0 Å². The highest BCUT2D eigenvalue weighted by atomic mass is 16.4. The average Bonchev–Trinajstić information content (AvgIpc) is 3.02. The van der Waals surface area contributed by atoms with Gasteiger partial charge in [-0.25, -0.2) is 4.98 Å². The van der Waals surface area contributed by atoms with Crippen molar-refractivity contribution >= 4 is 17.7 Å². The monoisotopic (exact) mass is 374 g/mol. The molecule has 3 heterocycles. The zero-order valence-electron chi connectivity index (χ0n) is 15.9. The fourth-order valence-corrected chi connectivity index (χ4v) is 3.76. The molecule has 1 aromatic rings. The van der Waals surface area contributed by atoms with E-state index in [0.717, 1.165) is 19.4 Å². The SMILES string of the molecule is CC(=O)NC1CCCN(CC(=O)N2CCN(c3oc(C)nc3C#N)CC2)C1. The lowest BCUT2D eigenvalue weighted by atomic mass is 10.1. The predicted octanol–water partition coefficient (Wildman–Crippen LogP) is 0.104. The molecule has 9 nitrogen and oxygen atoms in total. The number of oxazole rings is 1. The average molecular weight is 374 g/mol. The first kappa shape index (κ1) is 19.2. The second kappa shape index (κ2) is 8.39. The number of nitrogens with one attached hydrogen (secondary N) is 1. The molecule has 0 aliphatic carbocycles.